The van der Waals surface area contributed by atoms with Gasteiger partial charge in [-0.3, -0.25) is 0 Å². The molecule has 1 aliphatic heterocycles. The molecule has 0 aromatic carbocycles. The predicted octanol–water partition coefficient (Wildman–Crippen LogP) is 1.82. The van der Waals surface area contributed by atoms with Crippen molar-refractivity contribution in [2.45, 2.75) is 65.0 Å². The Labute approximate surface area is 126 Å². The van der Waals surface area contributed by atoms with Gasteiger partial charge in [0, 0.05) is 19.5 Å². The smallest absolute Gasteiger partial charge is 0.326 e. The summed E-state index contributed by atoms with van der Waals surface area (Å²) in [7, 11) is 0. The maximum atomic E-state index is 12.1. The molecule has 1 rings (SSSR count). The summed E-state index contributed by atoms with van der Waals surface area (Å²) < 4.78 is 0. The van der Waals surface area contributed by atoms with Crippen LogP contribution < -0.4 is 5.32 Å². The summed E-state index contributed by atoms with van der Waals surface area (Å²) in [5.41, 5.74) is -0.0120. The van der Waals surface area contributed by atoms with E-state index in [1.54, 1.807) is 0 Å². The third-order valence-corrected chi connectivity index (χ3v) is 4.00. The number of aliphatic hydroxyl groups excluding tert-OH is 1. The van der Waals surface area contributed by atoms with Gasteiger partial charge in [0.25, 0.3) is 0 Å². The fraction of sp³-hybridized carbons (Fsp3) is 0.867. The summed E-state index contributed by atoms with van der Waals surface area (Å²) in [5.74, 6) is -1.07. The average Bonchev–Trinajstić information content (AvgIpc) is 2.79. The molecule has 122 valence electrons. The van der Waals surface area contributed by atoms with Crippen LogP contribution in [0.4, 0.5) is 4.79 Å². The number of aliphatic hydroxyl groups is 1. The number of urea groups is 1. The fourth-order valence-corrected chi connectivity index (χ4v) is 2.63. The molecule has 1 fully saturated rings. The highest BCUT2D eigenvalue weighted by molar-refractivity contribution is 5.83. The number of nitrogens with zero attached hydrogens (tertiary/aromatic N) is 1. The van der Waals surface area contributed by atoms with Crippen LogP contribution in [0.1, 0.15) is 52.9 Å². The van der Waals surface area contributed by atoms with Crippen LogP contribution in [0.2, 0.25) is 0 Å². The highest BCUT2D eigenvalue weighted by atomic mass is 16.4. The van der Waals surface area contributed by atoms with Crippen LogP contribution in [0.25, 0.3) is 0 Å². The van der Waals surface area contributed by atoms with E-state index in [-0.39, 0.29) is 18.4 Å². The summed E-state index contributed by atoms with van der Waals surface area (Å²) in [6.07, 6.45) is 3.83. The largest absolute Gasteiger partial charge is 0.480 e. The Morgan fingerprint density at radius 3 is 2.57 bits per heavy atom. The monoisotopic (exact) mass is 300 g/mol. The number of hydrogen-bond donors (Lipinski definition) is 3. The van der Waals surface area contributed by atoms with Crippen LogP contribution in [0.3, 0.4) is 0 Å². The lowest BCUT2D eigenvalue weighted by Gasteiger charge is -2.28. The van der Waals surface area contributed by atoms with Gasteiger partial charge in [-0.05, 0) is 11.8 Å². The predicted molar refractivity (Wildman–Crippen MR) is 80.1 cm³/mol. The second-order valence-corrected chi connectivity index (χ2v) is 6.68. The van der Waals surface area contributed by atoms with Crippen molar-refractivity contribution in [2.75, 3.05) is 13.1 Å². The molecule has 0 unspecified atom stereocenters. The molecular weight excluding hydrogens is 272 g/mol. The first-order valence-corrected chi connectivity index (χ1v) is 7.72. The number of amides is 2. The molecule has 21 heavy (non-hydrogen) atoms. The number of unbranched alkanes of at least 4 members (excludes halogenated alkanes) is 2. The van der Waals surface area contributed by atoms with E-state index in [2.05, 4.69) is 26.1 Å². The van der Waals surface area contributed by atoms with Gasteiger partial charge in [0.15, 0.2) is 0 Å². The van der Waals surface area contributed by atoms with Crippen LogP contribution in [0, 0.1) is 5.41 Å². The normalized spacial score (nSPS) is 22.4. The van der Waals surface area contributed by atoms with E-state index in [0.29, 0.717) is 6.54 Å². The van der Waals surface area contributed by atoms with Gasteiger partial charge in [0.05, 0.1) is 6.10 Å². The standard InChI is InChI=1S/C15H28N2O4/c1-4-5-6-7-15(2,3)10-16-14(21)17-9-11(18)8-12(17)13(19)20/h11-12,18H,4-10H2,1-3H3,(H,16,21)(H,19,20)/t11-,12+/m1/s1. The molecule has 0 radical (unpaired) electrons. The minimum atomic E-state index is -1.07. The molecule has 6 heteroatoms. The number of carboxylic acids is 1. The van der Waals surface area contributed by atoms with Gasteiger partial charge in [0.2, 0.25) is 0 Å². The van der Waals surface area contributed by atoms with E-state index in [1.807, 2.05) is 0 Å². The summed E-state index contributed by atoms with van der Waals surface area (Å²) in [5, 5.41) is 21.5. The minimum absolute atomic E-state index is 0.0120. The Morgan fingerprint density at radius 2 is 2.00 bits per heavy atom. The number of carboxylic acid groups (broad SMARTS) is 1. The molecule has 0 aromatic heterocycles. The Morgan fingerprint density at radius 1 is 1.33 bits per heavy atom. The number of rotatable bonds is 7. The quantitative estimate of drug-likeness (QED) is 0.626. The zero-order valence-electron chi connectivity index (χ0n) is 13.3. The number of carbonyl (C=O) groups excluding carboxylic acids is 1. The maximum absolute atomic E-state index is 12.1. The Balaban J connectivity index is 2.47. The van der Waals surface area contributed by atoms with Crippen molar-refractivity contribution in [1.82, 2.24) is 10.2 Å². The third kappa shape index (κ3) is 5.53. The van der Waals surface area contributed by atoms with E-state index >= 15 is 0 Å². The topological polar surface area (TPSA) is 89.9 Å². The van der Waals surface area contributed by atoms with Crippen molar-refractivity contribution in [1.29, 1.82) is 0 Å². The minimum Gasteiger partial charge on any atom is -0.480 e. The van der Waals surface area contributed by atoms with Crippen molar-refractivity contribution >= 4 is 12.0 Å². The summed E-state index contributed by atoms with van der Waals surface area (Å²) in [6, 6.07) is -1.33. The molecule has 1 aliphatic rings. The van der Waals surface area contributed by atoms with E-state index in [1.165, 1.54) is 11.3 Å². The Bertz CT molecular complexity index is 371. The van der Waals surface area contributed by atoms with Gasteiger partial charge in [-0.15, -0.1) is 0 Å². The molecule has 0 bridgehead atoms. The molecule has 0 aliphatic carbocycles. The summed E-state index contributed by atoms with van der Waals surface area (Å²) in [4.78, 5) is 24.4. The Hall–Kier alpha value is -1.30. The first-order chi connectivity index (χ1) is 9.76. The van der Waals surface area contributed by atoms with Crippen molar-refractivity contribution < 1.29 is 19.8 Å². The second kappa shape index (κ2) is 7.64. The van der Waals surface area contributed by atoms with Gasteiger partial charge < -0.3 is 20.4 Å². The van der Waals surface area contributed by atoms with Crippen molar-refractivity contribution in [3.63, 3.8) is 0 Å². The first-order valence-electron chi connectivity index (χ1n) is 7.72. The van der Waals surface area contributed by atoms with E-state index in [9.17, 15) is 14.7 Å². The highest BCUT2D eigenvalue weighted by Crippen LogP contribution is 2.23. The number of aliphatic carboxylic acids is 1. The summed E-state index contributed by atoms with van der Waals surface area (Å²) >= 11 is 0. The van der Waals surface area contributed by atoms with Gasteiger partial charge in [-0.2, -0.15) is 0 Å². The molecule has 0 saturated carbocycles. The van der Waals surface area contributed by atoms with Crippen LogP contribution >= 0.6 is 0 Å². The molecule has 2 atom stereocenters. The molecule has 1 saturated heterocycles. The number of carbonyl (C=O) groups is 2. The van der Waals surface area contributed by atoms with Crippen LogP contribution in [-0.4, -0.2) is 52.3 Å². The van der Waals surface area contributed by atoms with E-state index < -0.39 is 24.1 Å². The lowest BCUT2D eigenvalue weighted by Crippen LogP contribution is -2.48. The molecular formula is C15H28N2O4. The SMILES string of the molecule is CCCCCC(C)(C)CNC(=O)N1C[C@H](O)C[C@H]1C(=O)O. The fourth-order valence-electron chi connectivity index (χ4n) is 2.63. The third-order valence-electron chi connectivity index (χ3n) is 4.00. The lowest BCUT2D eigenvalue weighted by molar-refractivity contribution is -0.141. The van der Waals surface area contributed by atoms with Gasteiger partial charge >= 0.3 is 12.0 Å². The Kier molecular flexibility index (Phi) is 6.45. The van der Waals surface area contributed by atoms with Crippen molar-refractivity contribution in [3.8, 4) is 0 Å². The molecule has 0 aromatic rings. The van der Waals surface area contributed by atoms with E-state index in [4.69, 9.17) is 5.11 Å². The van der Waals surface area contributed by atoms with Crippen LogP contribution in [0.5, 0.6) is 0 Å². The average molecular weight is 300 g/mol. The highest BCUT2D eigenvalue weighted by Gasteiger charge is 2.39. The first kappa shape index (κ1) is 17.8. The maximum Gasteiger partial charge on any atom is 0.326 e. The van der Waals surface area contributed by atoms with Gasteiger partial charge in [0.1, 0.15) is 6.04 Å². The van der Waals surface area contributed by atoms with Gasteiger partial charge in [-0.25, -0.2) is 9.59 Å². The zero-order chi connectivity index (χ0) is 16.0. The molecule has 0 spiro atoms. The molecule has 1 heterocycles. The van der Waals surface area contributed by atoms with Crippen molar-refractivity contribution in [3.05, 3.63) is 0 Å². The number of hydrogen-bond acceptors (Lipinski definition) is 3. The van der Waals surface area contributed by atoms with Crippen LogP contribution in [0.15, 0.2) is 0 Å². The molecule has 3 N–H and O–H groups in total. The molecule has 2 amide bonds. The zero-order valence-corrected chi connectivity index (χ0v) is 13.3. The number of likely N-dealkylation sites (tertiary alicyclic amines) is 1. The van der Waals surface area contributed by atoms with Crippen LogP contribution in [-0.2, 0) is 4.79 Å². The molecule has 6 nitrogen and oxygen atoms in total. The number of nitrogens with one attached hydrogen (secondary N) is 1. The summed E-state index contributed by atoms with van der Waals surface area (Å²) in [6.45, 7) is 6.93. The second-order valence-electron chi connectivity index (χ2n) is 6.68. The number of β-amino-alcohol motifs (C(OH)–C–C–N with tert-alkyl or cyclic N) is 1. The van der Waals surface area contributed by atoms with Gasteiger partial charge in [-0.1, -0.05) is 40.0 Å². The lowest BCUT2D eigenvalue weighted by atomic mass is 9.87. The van der Waals surface area contributed by atoms with Crippen molar-refractivity contribution in [2.24, 2.45) is 5.41 Å². The van der Waals surface area contributed by atoms with E-state index in [0.717, 1.165) is 19.3 Å².